The maximum atomic E-state index is 12.4. The summed E-state index contributed by atoms with van der Waals surface area (Å²) >= 11 is 0. The second-order valence-corrected chi connectivity index (χ2v) is 4.54. The Labute approximate surface area is 121 Å². The van der Waals surface area contributed by atoms with Crippen LogP contribution in [-0.2, 0) is 6.54 Å². The summed E-state index contributed by atoms with van der Waals surface area (Å²) in [7, 11) is 0. The molecule has 0 spiro atoms. The van der Waals surface area contributed by atoms with Gasteiger partial charge in [0.2, 0.25) is 0 Å². The molecule has 0 aliphatic carbocycles. The standard InChI is InChI=1S/C14H17N5O2/c15-6-2-8-19(10-11-3-1-7-16-9-11)14(21)12-4-5-13(20)18-17-12/h1,3-5,7,9H,2,6,8,10,15H2,(H,18,20). The molecule has 2 rings (SSSR count). The van der Waals surface area contributed by atoms with Crippen molar-refractivity contribution in [1.29, 1.82) is 0 Å². The smallest absolute Gasteiger partial charge is 0.274 e. The molecule has 7 heteroatoms. The van der Waals surface area contributed by atoms with Gasteiger partial charge in [-0.15, -0.1) is 0 Å². The number of amides is 1. The lowest BCUT2D eigenvalue weighted by molar-refractivity contribution is 0.0735. The van der Waals surface area contributed by atoms with Crippen molar-refractivity contribution in [2.75, 3.05) is 13.1 Å². The number of nitrogens with zero attached hydrogens (tertiary/aromatic N) is 3. The Hall–Kier alpha value is -2.54. The largest absolute Gasteiger partial charge is 0.333 e. The number of H-pyrrole nitrogens is 1. The van der Waals surface area contributed by atoms with Crippen molar-refractivity contribution in [2.45, 2.75) is 13.0 Å². The number of aromatic amines is 1. The van der Waals surface area contributed by atoms with Gasteiger partial charge in [-0.25, -0.2) is 5.10 Å². The van der Waals surface area contributed by atoms with Crippen LogP contribution in [0.1, 0.15) is 22.5 Å². The summed E-state index contributed by atoms with van der Waals surface area (Å²) in [4.78, 5) is 29.1. The minimum absolute atomic E-state index is 0.204. The fourth-order valence-corrected chi connectivity index (χ4v) is 1.87. The number of rotatable bonds is 6. The van der Waals surface area contributed by atoms with Gasteiger partial charge in [0.1, 0.15) is 5.69 Å². The molecule has 1 amide bonds. The molecule has 3 N–H and O–H groups in total. The molecule has 0 bridgehead atoms. The second-order valence-electron chi connectivity index (χ2n) is 4.54. The summed E-state index contributed by atoms with van der Waals surface area (Å²) in [6, 6.07) is 6.42. The predicted octanol–water partition coefficient (Wildman–Crippen LogP) is 0.156. The van der Waals surface area contributed by atoms with Crippen LogP contribution in [0.15, 0.2) is 41.5 Å². The molecular weight excluding hydrogens is 270 g/mol. The van der Waals surface area contributed by atoms with Crippen LogP contribution in [0.4, 0.5) is 0 Å². The highest BCUT2D eigenvalue weighted by Gasteiger charge is 2.17. The minimum atomic E-state index is -0.340. The quantitative estimate of drug-likeness (QED) is 0.787. The number of pyridine rings is 1. The number of aromatic nitrogens is 3. The van der Waals surface area contributed by atoms with E-state index >= 15 is 0 Å². The number of nitrogens with two attached hydrogens (primary N) is 1. The van der Waals surface area contributed by atoms with Crippen LogP contribution in [0.5, 0.6) is 0 Å². The zero-order valence-corrected chi connectivity index (χ0v) is 11.5. The first-order valence-corrected chi connectivity index (χ1v) is 6.64. The first-order valence-electron chi connectivity index (χ1n) is 6.64. The Morgan fingerprint density at radius 1 is 1.33 bits per heavy atom. The molecule has 7 nitrogen and oxygen atoms in total. The second kappa shape index (κ2) is 7.30. The predicted molar refractivity (Wildman–Crippen MR) is 77.5 cm³/mol. The van der Waals surface area contributed by atoms with E-state index in [1.807, 2.05) is 12.1 Å². The van der Waals surface area contributed by atoms with Crippen LogP contribution in [0.3, 0.4) is 0 Å². The molecule has 0 saturated carbocycles. The zero-order valence-electron chi connectivity index (χ0n) is 11.5. The molecule has 0 radical (unpaired) electrons. The average molecular weight is 287 g/mol. The molecule has 2 heterocycles. The number of carbonyl (C=O) groups excluding carboxylic acids is 1. The van der Waals surface area contributed by atoms with E-state index in [1.54, 1.807) is 17.3 Å². The third-order valence-corrected chi connectivity index (χ3v) is 2.91. The van der Waals surface area contributed by atoms with Crippen LogP contribution < -0.4 is 11.3 Å². The van der Waals surface area contributed by atoms with Crippen LogP contribution in [0.25, 0.3) is 0 Å². The van der Waals surface area contributed by atoms with Gasteiger partial charge in [0, 0.05) is 31.5 Å². The summed E-state index contributed by atoms with van der Waals surface area (Å²) in [5.74, 6) is -0.247. The van der Waals surface area contributed by atoms with Crippen LogP contribution in [-0.4, -0.2) is 39.1 Å². The van der Waals surface area contributed by atoms with E-state index < -0.39 is 0 Å². The summed E-state index contributed by atoms with van der Waals surface area (Å²) in [5, 5.41) is 6.04. The van der Waals surface area contributed by atoms with Crippen molar-refractivity contribution in [1.82, 2.24) is 20.1 Å². The van der Waals surface area contributed by atoms with Crippen LogP contribution >= 0.6 is 0 Å². The van der Waals surface area contributed by atoms with Crippen molar-refractivity contribution >= 4 is 5.91 Å². The molecule has 2 aromatic rings. The van der Waals surface area contributed by atoms with Crippen molar-refractivity contribution < 1.29 is 4.79 Å². The zero-order chi connectivity index (χ0) is 15.1. The fourth-order valence-electron chi connectivity index (χ4n) is 1.87. The Morgan fingerprint density at radius 2 is 2.19 bits per heavy atom. The lowest BCUT2D eigenvalue weighted by Crippen LogP contribution is -2.33. The van der Waals surface area contributed by atoms with Gasteiger partial charge in [-0.3, -0.25) is 14.6 Å². The van der Waals surface area contributed by atoms with E-state index in [-0.39, 0.29) is 17.2 Å². The van der Waals surface area contributed by atoms with Crippen molar-refractivity contribution in [2.24, 2.45) is 5.73 Å². The molecule has 0 aliphatic heterocycles. The molecule has 0 aliphatic rings. The third kappa shape index (κ3) is 4.22. The molecule has 0 unspecified atom stereocenters. The van der Waals surface area contributed by atoms with E-state index in [2.05, 4.69) is 15.2 Å². The number of nitrogens with one attached hydrogen (secondary N) is 1. The highest BCUT2D eigenvalue weighted by Crippen LogP contribution is 2.07. The van der Waals surface area contributed by atoms with Crippen molar-refractivity contribution in [3.63, 3.8) is 0 Å². The fraction of sp³-hybridized carbons (Fsp3) is 0.286. The number of hydrogen-bond donors (Lipinski definition) is 2. The normalized spacial score (nSPS) is 10.3. The van der Waals surface area contributed by atoms with E-state index in [4.69, 9.17) is 5.73 Å². The average Bonchev–Trinajstić information content (AvgIpc) is 2.52. The van der Waals surface area contributed by atoms with Gasteiger partial charge in [0.05, 0.1) is 0 Å². The first-order chi connectivity index (χ1) is 10.2. The van der Waals surface area contributed by atoms with E-state index in [1.165, 1.54) is 12.1 Å². The van der Waals surface area contributed by atoms with E-state index in [0.717, 1.165) is 5.56 Å². The third-order valence-electron chi connectivity index (χ3n) is 2.91. The lowest BCUT2D eigenvalue weighted by Gasteiger charge is -2.22. The molecule has 110 valence electrons. The summed E-state index contributed by atoms with van der Waals surface area (Å²) in [5.41, 5.74) is 6.30. The van der Waals surface area contributed by atoms with Crippen molar-refractivity contribution in [3.05, 3.63) is 58.3 Å². The number of hydrogen-bond acceptors (Lipinski definition) is 5. The lowest BCUT2D eigenvalue weighted by atomic mass is 10.2. The maximum Gasteiger partial charge on any atom is 0.274 e. The van der Waals surface area contributed by atoms with Gasteiger partial charge in [-0.2, -0.15) is 5.10 Å². The minimum Gasteiger partial charge on any atom is -0.333 e. The SMILES string of the molecule is NCCCN(Cc1cccnc1)C(=O)c1ccc(=O)[nH]n1. The summed E-state index contributed by atoms with van der Waals surface area (Å²) < 4.78 is 0. The molecule has 0 fully saturated rings. The Kier molecular flexibility index (Phi) is 5.16. The topological polar surface area (TPSA) is 105 Å². The van der Waals surface area contributed by atoms with Gasteiger partial charge >= 0.3 is 0 Å². The highest BCUT2D eigenvalue weighted by atomic mass is 16.2. The Morgan fingerprint density at radius 3 is 2.81 bits per heavy atom. The Bertz CT molecular complexity index is 621. The van der Waals surface area contributed by atoms with E-state index in [0.29, 0.717) is 26.1 Å². The molecule has 0 atom stereocenters. The van der Waals surface area contributed by atoms with Crippen molar-refractivity contribution in [3.8, 4) is 0 Å². The van der Waals surface area contributed by atoms with Gasteiger partial charge in [0.25, 0.3) is 11.5 Å². The van der Waals surface area contributed by atoms with Crippen LogP contribution in [0, 0.1) is 0 Å². The van der Waals surface area contributed by atoms with Gasteiger partial charge in [0.15, 0.2) is 0 Å². The van der Waals surface area contributed by atoms with Crippen LogP contribution in [0.2, 0.25) is 0 Å². The summed E-state index contributed by atoms with van der Waals surface area (Å²) in [6.07, 6.45) is 4.08. The molecule has 21 heavy (non-hydrogen) atoms. The highest BCUT2D eigenvalue weighted by molar-refractivity contribution is 5.92. The molecule has 0 saturated heterocycles. The first kappa shape index (κ1) is 14.9. The molecular formula is C14H17N5O2. The summed E-state index contributed by atoms with van der Waals surface area (Å²) in [6.45, 7) is 1.44. The monoisotopic (exact) mass is 287 g/mol. The molecule has 0 aromatic carbocycles. The van der Waals surface area contributed by atoms with Gasteiger partial charge in [-0.05, 0) is 30.7 Å². The Balaban J connectivity index is 2.16. The van der Waals surface area contributed by atoms with Gasteiger partial charge < -0.3 is 10.6 Å². The maximum absolute atomic E-state index is 12.4. The number of carbonyl (C=O) groups is 1. The van der Waals surface area contributed by atoms with E-state index in [9.17, 15) is 9.59 Å². The van der Waals surface area contributed by atoms with Gasteiger partial charge in [-0.1, -0.05) is 6.07 Å². The molecule has 2 aromatic heterocycles.